The number of aromatic nitrogens is 4. The molecule has 11 heteroatoms. The van der Waals surface area contributed by atoms with Crippen LogP contribution in [0.1, 0.15) is 5.82 Å². The van der Waals surface area contributed by atoms with Crippen molar-refractivity contribution in [3.63, 3.8) is 0 Å². The predicted octanol–water partition coefficient (Wildman–Crippen LogP) is 0.325. The highest BCUT2D eigenvalue weighted by Gasteiger charge is 2.44. The zero-order valence-electron chi connectivity index (χ0n) is 12.7. The fourth-order valence-corrected chi connectivity index (χ4v) is 2.67. The van der Waals surface area contributed by atoms with Crippen LogP contribution in [0.2, 0.25) is 0 Å². The highest BCUT2D eigenvalue weighted by Crippen LogP contribution is 2.45. The van der Waals surface area contributed by atoms with Crippen molar-refractivity contribution in [2.45, 2.75) is 12.7 Å². The normalized spacial score (nSPS) is 15.6. The number of aliphatic hydroxyl groups is 2. The molecule has 132 valence electrons. The molecule has 0 fully saturated rings. The van der Waals surface area contributed by atoms with Crippen molar-refractivity contribution < 1.29 is 28.5 Å². The van der Waals surface area contributed by atoms with Crippen LogP contribution >= 0.6 is 0 Å². The molecule has 0 radical (unpaired) electrons. The Labute approximate surface area is 138 Å². The van der Waals surface area contributed by atoms with Gasteiger partial charge in [0.15, 0.2) is 23.0 Å². The first-order chi connectivity index (χ1) is 11.9. The summed E-state index contributed by atoms with van der Waals surface area (Å²) in [5.74, 6) is -0.522. The first kappa shape index (κ1) is 15.7. The van der Waals surface area contributed by atoms with E-state index in [1.807, 2.05) is 0 Å². The summed E-state index contributed by atoms with van der Waals surface area (Å²) in [7, 11) is 0. The largest absolute Gasteiger partial charge is 0.586 e. The van der Waals surface area contributed by atoms with Gasteiger partial charge in [-0.15, -0.1) is 13.9 Å². The molecule has 1 aromatic carbocycles. The zero-order chi connectivity index (χ0) is 17.8. The average molecular weight is 353 g/mol. The molecule has 1 aliphatic rings. The average Bonchev–Trinajstić information content (AvgIpc) is 3.12. The molecule has 3 aromatic rings. The summed E-state index contributed by atoms with van der Waals surface area (Å²) in [6.45, 7) is -0.456. The minimum absolute atomic E-state index is 0.0713. The maximum atomic E-state index is 13.3. The molecule has 4 rings (SSSR count). The number of nitrogens with two attached hydrogens (primary N) is 1. The summed E-state index contributed by atoms with van der Waals surface area (Å²) >= 11 is 0. The van der Waals surface area contributed by atoms with Gasteiger partial charge < -0.3 is 25.4 Å². The van der Waals surface area contributed by atoms with Crippen LogP contribution in [-0.2, 0) is 6.42 Å². The topological polar surface area (TPSA) is 128 Å². The molecule has 4 N–H and O–H groups in total. The van der Waals surface area contributed by atoms with Crippen molar-refractivity contribution in [3.8, 4) is 11.5 Å². The lowest BCUT2D eigenvalue weighted by Gasteiger charge is -2.06. The van der Waals surface area contributed by atoms with Crippen molar-refractivity contribution in [3.05, 3.63) is 18.0 Å². The first-order valence-corrected chi connectivity index (χ1v) is 7.37. The number of fused-ring (bicyclic) bond motifs is 5. The van der Waals surface area contributed by atoms with E-state index in [2.05, 4.69) is 24.5 Å². The molecule has 2 aromatic heterocycles. The van der Waals surface area contributed by atoms with Gasteiger partial charge in [0.05, 0.1) is 0 Å². The molecule has 9 nitrogen and oxygen atoms in total. The van der Waals surface area contributed by atoms with Crippen LogP contribution in [0.3, 0.4) is 0 Å². The molecule has 0 amide bonds. The second-order valence-electron chi connectivity index (χ2n) is 5.63. The van der Waals surface area contributed by atoms with E-state index >= 15 is 0 Å². The Morgan fingerprint density at radius 3 is 2.68 bits per heavy atom. The quantitative estimate of drug-likeness (QED) is 0.612. The third-order valence-electron chi connectivity index (χ3n) is 3.87. The van der Waals surface area contributed by atoms with E-state index in [0.717, 1.165) is 0 Å². The van der Waals surface area contributed by atoms with Gasteiger partial charge in [-0.1, -0.05) is 0 Å². The van der Waals surface area contributed by atoms with E-state index in [0.29, 0.717) is 16.9 Å². The Balaban J connectivity index is 1.88. The fraction of sp³-hybridized carbons (Fsp3) is 0.357. The third kappa shape index (κ3) is 2.48. The van der Waals surface area contributed by atoms with Gasteiger partial charge >= 0.3 is 6.29 Å². The lowest BCUT2D eigenvalue weighted by molar-refractivity contribution is -0.286. The smallest absolute Gasteiger partial charge is 0.396 e. The minimum Gasteiger partial charge on any atom is -0.396 e. The number of rotatable bonds is 4. The van der Waals surface area contributed by atoms with Gasteiger partial charge in [-0.05, 0) is 12.1 Å². The molecule has 0 atom stereocenters. The molecule has 0 saturated heterocycles. The van der Waals surface area contributed by atoms with Crippen LogP contribution in [0.15, 0.2) is 12.1 Å². The van der Waals surface area contributed by atoms with Crippen molar-refractivity contribution in [2.75, 3.05) is 18.9 Å². The second kappa shape index (κ2) is 5.36. The summed E-state index contributed by atoms with van der Waals surface area (Å²) in [4.78, 5) is 8.40. The summed E-state index contributed by atoms with van der Waals surface area (Å²) in [6, 6.07) is 2.84. The lowest BCUT2D eigenvalue weighted by atomic mass is 10.1. The third-order valence-corrected chi connectivity index (χ3v) is 3.87. The summed E-state index contributed by atoms with van der Waals surface area (Å²) in [5.41, 5.74) is 6.24. The van der Waals surface area contributed by atoms with Gasteiger partial charge in [-0.2, -0.15) is 4.52 Å². The number of nitrogens with zero attached hydrogens (tertiary/aromatic N) is 4. The Morgan fingerprint density at radius 1 is 1.20 bits per heavy atom. The number of aliphatic hydroxyl groups excluding tert-OH is 2. The molecule has 0 aliphatic carbocycles. The van der Waals surface area contributed by atoms with Crippen LogP contribution in [0.25, 0.3) is 16.6 Å². The molecule has 3 heterocycles. The summed E-state index contributed by atoms with van der Waals surface area (Å²) < 4.78 is 36.8. The van der Waals surface area contributed by atoms with Crippen molar-refractivity contribution in [1.82, 2.24) is 19.6 Å². The van der Waals surface area contributed by atoms with E-state index in [1.54, 1.807) is 0 Å². The number of ether oxygens (including phenoxy) is 2. The Morgan fingerprint density at radius 2 is 1.96 bits per heavy atom. The predicted molar refractivity (Wildman–Crippen MR) is 80.3 cm³/mol. The van der Waals surface area contributed by atoms with Crippen LogP contribution in [0, 0.1) is 5.92 Å². The van der Waals surface area contributed by atoms with E-state index < -0.39 is 12.2 Å². The van der Waals surface area contributed by atoms with Gasteiger partial charge in [-0.25, -0.2) is 9.97 Å². The zero-order valence-corrected chi connectivity index (χ0v) is 12.7. The monoisotopic (exact) mass is 353 g/mol. The van der Waals surface area contributed by atoms with E-state index in [-0.39, 0.29) is 42.6 Å². The Hall–Kier alpha value is -2.79. The number of anilines is 1. The van der Waals surface area contributed by atoms with Gasteiger partial charge in [-0.3, -0.25) is 0 Å². The molecular weight excluding hydrogens is 340 g/mol. The van der Waals surface area contributed by atoms with Crippen LogP contribution in [-0.4, -0.2) is 49.3 Å². The van der Waals surface area contributed by atoms with Gasteiger partial charge in [0.1, 0.15) is 5.52 Å². The maximum Gasteiger partial charge on any atom is 0.586 e. The van der Waals surface area contributed by atoms with Gasteiger partial charge in [0, 0.05) is 30.9 Å². The van der Waals surface area contributed by atoms with Crippen molar-refractivity contribution >= 4 is 22.5 Å². The first-order valence-electron chi connectivity index (χ1n) is 7.37. The number of hydrogen-bond donors (Lipinski definition) is 3. The molecule has 0 bridgehead atoms. The number of halogens is 2. The number of hydrogen-bond acceptors (Lipinski definition) is 8. The number of benzene rings is 1. The number of alkyl halides is 2. The maximum absolute atomic E-state index is 13.3. The standard InChI is InChI=1S/C14H13F2N5O4/c15-14(16)24-8-2-1-7-10(11(8)25-14)19-13(17)21-12(7)18-9(20-21)3-6(4-22)5-23/h1-2,6,22-23H,3-5H2,(H2,17,19). The molecule has 25 heavy (non-hydrogen) atoms. The Kier molecular flexibility index (Phi) is 3.37. The minimum atomic E-state index is -3.77. The van der Waals surface area contributed by atoms with Crippen molar-refractivity contribution in [1.29, 1.82) is 0 Å². The fourth-order valence-electron chi connectivity index (χ4n) is 2.67. The Bertz CT molecular complexity index is 973. The summed E-state index contributed by atoms with van der Waals surface area (Å²) in [6.07, 6.45) is -3.55. The van der Waals surface area contributed by atoms with Crippen LogP contribution in [0.5, 0.6) is 11.5 Å². The van der Waals surface area contributed by atoms with Crippen LogP contribution in [0.4, 0.5) is 14.7 Å². The summed E-state index contributed by atoms with van der Waals surface area (Å²) in [5, 5.41) is 23.0. The molecule has 0 unspecified atom stereocenters. The van der Waals surface area contributed by atoms with Crippen LogP contribution < -0.4 is 15.2 Å². The lowest BCUT2D eigenvalue weighted by Crippen LogP contribution is -2.26. The highest BCUT2D eigenvalue weighted by atomic mass is 19.3. The second-order valence-corrected chi connectivity index (χ2v) is 5.63. The van der Waals surface area contributed by atoms with Crippen molar-refractivity contribution in [2.24, 2.45) is 5.92 Å². The van der Waals surface area contributed by atoms with E-state index in [9.17, 15) is 19.0 Å². The number of nitrogen functional groups attached to an aromatic ring is 1. The van der Waals surface area contributed by atoms with Gasteiger partial charge in [0.2, 0.25) is 5.95 Å². The van der Waals surface area contributed by atoms with Gasteiger partial charge in [0.25, 0.3) is 0 Å². The van der Waals surface area contributed by atoms with E-state index in [1.165, 1.54) is 16.6 Å². The van der Waals surface area contributed by atoms with E-state index in [4.69, 9.17) is 5.73 Å². The molecule has 1 aliphatic heterocycles. The molecule has 0 saturated carbocycles. The molecule has 0 spiro atoms. The SMILES string of the molecule is Nc1nc2c3c(ccc2c2nc(CC(CO)CO)nn12)OC(F)(F)O3. The molecular formula is C14H13F2N5O4. The highest BCUT2D eigenvalue weighted by molar-refractivity contribution is 5.97.